The molecule has 0 aliphatic heterocycles. The first-order valence-electron chi connectivity index (χ1n) is 7.46. The highest BCUT2D eigenvalue weighted by molar-refractivity contribution is 5.87. The summed E-state index contributed by atoms with van der Waals surface area (Å²) < 4.78 is 53.8. The summed E-state index contributed by atoms with van der Waals surface area (Å²) in [5.41, 5.74) is -3.84. The Morgan fingerprint density at radius 1 is 1.24 bits per heavy atom. The fourth-order valence-corrected chi connectivity index (χ4v) is 2.26. The average molecular weight is 356 g/mol. The molecule has 2 aromatic rings. The number of rotatable bonds is 5. The lowest BCUT2D eigenvalue weighted by molar-refractivity contribution is -0.257. The predicted molar refractivity (Wildman–Crippen MR) is 81.8 cm³/mol. The summed E-state index contributed by atoms with van der Waals surface area (Å²) in [4.78, 5) is 15.9. The highest BCUT2D eigenvalue weighted by atomic mass is 19.4. The van der Waals surface area contributed by atoms with Crippen LogP contribution in [-0.4, -0.2) is 22.2 Å². The lowest BCUT2D eigenvalue weighted by Crippen LogP contribution is -2.54. The first kappa shape index (κ1) is 18.9. The molecule has 1 aromatic carbocycles. The lowest BCUT2D eigenvalue weighted by Gasteiger charge is -2.29. The number of alkyl halides is 3. The van der Waals surface area contributed by atoms with Crippen molar-refractivity contribution in [3.63, 3.8) is 0 Å². The zero-order chi connectivity index (χ0) is 18.7. The molecule has 8 heteroatoms. The molecule has 1 atom stereocenters. The molecule has 0 aliphatic rings. The molecule has 0 aliphatic carbocycles. The van der Waals surface area contributed by atoms with Gasteiger partial charge in [-0.15, -0.1) is 0 Å². The molecule has 1 amide bonds. The van der Waals surface area contributed by atoms with E-state index < -0.39 is 35.6 Å². The highest BCUT2D eigenvalue weighted by Crippen LogP contribution is 2.39. The standard InChI is InChI=1S/C17H16F4N2O2/c1-2-13-8-11(14(18)10-22-13)9-23-15(24)16(25,17(19,20)21)12-6-4-3-5-7-12/h3-8,10,25H,2,9H2,1H3,(H,23,24)/t16-/m1/s1. The summed E-state index contributed by atoms with van der Waals surface area (Å²) in [7, 11) is 0. The van der Waals surface area contributed by atoms with Crippen molar-refractivity contribution < 1.29 is 27.5 Å². The predicted octanol–water partition coefficient (Wildman–Crippen LogP) is 2.85. The second kappa shape index (κ2) is 7.18. The molecule has 0 unspecified atom stereocenters. The SMILES string of the molecule is CCc1cc(CNC(=O)[C@](O)(c2ccccc2)C(F)(F)F)c(F)cn1. The zero-order valence-electron chi connectivity index (χ0n) is 13.3. The smallest absolute Gasteiger partial charge is 0.369 e. The summed E-state index contributed by atoms with van der Waals surface area (Å²) >= 11 is 0. The molecule has 2 N–H and O–H groups in total. The number of hydrogen-bond acceptors (Lipinski definition) is 3. The highest BCUT2D eigenvalue weighted by Gasteiger charge is 2.60. The summed E-state index contributed by atoms with van der Waals surface area (Å²) in [6.07, 6.45) is -3.81. The third-order valence-corrected chi connectivity index (χ3v) is 3.72. The van der Waals surface area contributed by atoms with Crippen LogP contribution in [-0.2, 0) is 23.4 Å². The van der Waals surface area contributed by atoms with Gasteiger partial charge in [0.25, 0.3) is 11.5 Å². The fourth-order valence-electron chi connectivity index (χ4n) is 2.26. The van der Waals surface area contributed by atoms with Gasteiger partial charge in [-0.1, -0.05) is 37.3 Å². The van der Waals surface area contributed by atoms with Gasteiger partial charge in [0.05, 0.1) is 6.20 Å². The maximum Gasteiger partial charge on any atom is 0.430 e. The number of aryl methyl sites for hydroxylation is 1. The van der Waals surface area contributed by atoms with E-state index >= 15 is 0 Å². The Balaban J connectivity index is 2.28. The van der Waals surface area contributed by atoms with Crippen LogP contribution < -0.4 is 5.32 Å². The van der Waals surface area contributed by atoms with Gasteiger partial charge in [0.2, 0.25) is 0 Å². The molecule has 4 nitrogen and oxygen atoms in total. The number of amides is 1. The number of hydrogen-bond donors (Lipinski definition) is 2. The quantitative estimate of drug-likeness (QED) is 0.810. The lowest BCUT2D eigenvalue weighted by atomic mass is 9.92. The molecule has 0 fully saturated rings. The van der Waals surface area contributed by atoms with Crippen LogP contribution in [0.1, 0.15) is 23.7 Å². The minimum atomic E-state index is -5.25. The fraction of sp³-hybridized carbons (Fsp3) is 0.294. The minimum Gasteiger partial charge on any atom is -0.369 e. The first-order chi connectivity index (χ1) is 11.7. The number of aromatic nitrogens is 1. The van der Waals surface area contributed by atoms with E-state index in [-0.39, 0.29) is 5.56 Å². The molecule has 1 aromatic heterocycles. The number of nitrogens with zero attached hydrogens (tertiary/aromatic N) is 1. The molecule has 134 valence electrons. The molecular weight excluding hydrogens is 340 g/mol. The number of nitrogens with one attached hydrogen (secondary N) is 1. The molecule has 0 saturated heterocycles. The van der Waals surface area contributed by atoms with Crippen molar-refractivity contribution in [1.82, 2.24) is 10.3 Å². The van der Waals surface area contributed by atoms with E-state index in [1.165, 1.54) is 24.3 Å². The largest absolute Gasteiger partial charge is 0.430 e. The molecule has 0 saturated carbocycles. The Morgan fingerprint density at radius 3 is 2.44 bits per heavy atom. The molecule has 0 radical (unpaired) electrons. The van der Waals surface area contributed by atoms with Crippen molar-refractivity contribution in [2.75, 3.05) is 0 Å². The van der Waals surface area contributed by atoms with E-state index in [1.54, 1.807) is 6.92 Å². The van der Waals surface area contributed by atoms with Gasteiger partial charge in [-0.3, -0.25) is 9.78 Å². The molecule has 0 bridgehead atoms. The van der Waals surface area contributed by atoms with Gasteiger partial charge in [0.1, 0.15) is 5.82 Å². The van der Waals surface area contributed by atoms with Crippen molar-refractivity contribution in [2.24, 2.45) is 0 Å². The Bertz CT molecular complexity index is 750. The van der Waals surface area contributed by atoms with Gasteiger partial charge in [-0.05, 0) is 12.5 Å². The Morgan fingerprint density at radius 2 is 1.88 bits per heavy atom. The van der Waals surface area contributed by atoms with Crippen LogP contribution in [0.25, 0.3) is 0 Å². The van der Waals surface area contributed by atoms with Crippen LogP contribution in [0.15, 0.2) is 42.6 Å². The molecule has 2 rings (SSSR count). The van der Waals surface area contributed by atoms with E-state index in [0.29, 0.717) is 12.1 Å². The third-order valence-electron chi connectivity index (χ3n) is 3.72. The van der Waals surface area contributed by atoms with Crippen LogP contribution in [0, 0.1) is 5.82 Å². The Kier molecular flexibility index (Phi) is 5.42. The first-order valence-corrected chi connectivity index (χ1v) is 7.46. The van der Waals surface area contributed by atoms with Gasteiger partial charge < -0.3 is 10.4 Å². The van der Waals surface area contributed by atoms with Crippen molar-refractivity contribution >= 4 is 5.91 Å². The Labute approximate surface area is 141 Å². The number of pyridine rings is 1. The van der Waals surface area contributed by atoms with Crippen LogP contribution >= 0.6 is 0 Å². The summed E-state index contributed by atoms with van der Waals surface area (Å²) in [5, 5.41) is 12.1. The van der Waals surface area contributed by atoms with Crippen molar-refractivity contribution in [2.45, 2.75) is 31.7 Å². The second-order valence-corrected chi connectivity index (χ2v) is 5.38. The van der Waals surface area contributed by atoms with Gasteiger partial charge in [0, 0.05) is 23.4 Å². The number of carbonyl (C=O) groups is 1. The maximum absolute atomic E-state index is 13.7. The van der Waals surface area contributed by atoms with Crippen LogP contribution in [0.2, 0.25) is 0 Å². The van der Waals surface area contributed by atoms with Gasteiger partial charge in [0.15, 0.2) is 0 Å². The zero-order valence-corrected chi connectivity index (χ0v) is 13.3. The maximum atomic E-state index is 13.7. The number of benzene rings is 1. The molecule has 1 heterocycles. The number of aliphatic hydroxyl groups is 1. The van der Waals surface area contributed by atoms with E-state index in [2.05, 4.69) is 4.98 Å². The monoisotopic (exact) mass is 356 g/mol. The topological polar surface area (TPSA) is 62.2 Å². The van der Waals surface area contributed by atoms with Crippen molar-refractivity contribution in [3.05, 3.63) is 65.2 Å². The van der Waals surface area contributed by atoms with Crippen molar-refractivity contribution in [3.8, 4) is 0 Å². The van der Waals surface area contributed by atoms with Crippen LogP contribution in [0.3, 0.4) is 0 Å². The van der Waals surface area contributed by atoms with Crippen LogP contribution in [0.5, 0.6) is 0 Å². The average Bonchev–Trinajstić information content (AvgIpc) is 2.59. The van der Waals surface area contributed by atoms with Gasteiger partial charge >= 0.3 is 6.18 Å². The summed E-state index contributed by atoms with van der Waals surface area (Å²) in [6, 6.07) is 7.34. The number of halogens is 4. The van der Waals surface area contributed by atoms with E-state index in [1.807, 2.05) is 5.32 Å². The van der Waals surface area contributed by atoms with Gasteiger partial charge in [-0.2, -0.15) is 13.2 Å². The molecule has 25 heavy (non-hydrogen) atoms. The normalized spacial score (nSPS) is 14.0. The summed E-state index contributed by atoms with van der Waals surface area (Å²) in [5.74, 6) is -2.44. The third kappa shape index (κ3) is 3.79. The van der Waals surface area contributed by atoms with Crippen LogP contribution in [0.4, 0.5) is 17.6 Å². The van der Waals surface area contributed by atoms with E-state index in [9.17, 15) is 27.5 Å². The van der Waals surface area contributed by atoms with E-state index in [0.717, 1.165) is 18.3 Å². The minimum absolute atomic E-state index is 0.0159. The summed E-state index contributed by atoms with van der Waals surface area (Å²) in [6.45, 7) is 1.27. The van der Waals surface area contributed by atoms with Gasteiger partial charge in [-0.25, -0.2) is 4.39 Å². The Hall–Kier alpha value is -2.48. The number of carbonyl (C=O) groups excluding carboxylic acids is 1. The van der Waals surface area contributed by atoms with E-state index in [4.69, 9.17) is 0 Å². The molecular formula is C17H16F4N2O2. The second-order valence-electron chi connectivity index (χ2n) is 5.38. The van der Waals surface area contributed by atoms with Crippen molar-refractivity contribution in [1.29, 1.82) is 0 Å². The molecule has 0 spiro atoms.